The topological polar surface area (TPSA) is 18.5 Å². The summed E-state index contributed by atoms with van der Waals surface area (Å²) in [7, 11) is 1.36. The summed E-state index contributed by atoms with van der Waals surface area (Å²) in [6.07, 6.45) is -3.44. The normalized spacial score (nSPS) is 10.9. The van der Waals surface area contributed by atoms with Gasteiger partial charge >= 0.3 is 6.36 Å². The number of hydrogen-bond donors (Lipinski definition) is 0. The Labute approximate surface area is 84.9 Å². The van der Waals surface area contributed by atoms with E-state index >= 15 is 0 Å². The molecule has 1 aromatic rings. The summed E-state index contributed by atoms with van der Waals surface area (Å²) in [4.78, 5) is 0. The van der Waals surface area contributed by atoms with Crippen LogP contribution in [0.25, 0.3) is 6.08 Å². The number of methoxy groups -OCH3 is 1. The van der Waals surface area contributed by atoms with E-state index in [0.717, 1.165) is 6.07 Å². The minimum atomic E-state index is -4.72. The van der Waals surface area contributed by atoms with E-state index in [1.165, 1.54) is 25.3 Å². The quantitative estimate of drug-likeness (QED) is 0.775. The number of rotatable bonds is 3. The van der Waals surface area contributed by atoms with Gasteiger partial charge in [0.25, 0.3) is 0 Å². The first kappa shape index (κ1) is 11.4. The van der Waals surface area contributed by atoms with Crippen molar-refractivity contribution in [1.29, 1.82) is 0 Å². The molecular formula is C10H9F3O2. The molecule has 2 nitrogen and oxygen atoms in total. The summed E-state index contributed by atoms with van der Waals surface area (Å²) in [5.74, 6) is -0.0308. The van der Waals surface area contributed by atoms with E-state index in [2.05, 4.69) is 11.3 Å². The third kappa shape index (κ3) is 3.19. The van der Waals surface area contributed by atoms with E-state index in [1.54, 1.807) is 0 Å². The Balaban J connectivity index is 3.06. The van der Waals surface area contributed by atoms with Gasteiger partial charge < -0.3 is 9.47 Å². The van der Waals surface area contributed by atoms with Crippen LogP contribution in [0.5, 0.6) is 11.5 Å². The van der Waals surface area contributed by atoms with Gasteiger partial charge in [0.2, 0.25) is 0 Å². The van der Waals surface area contributed by atoms with Gasteiger partial charge in [-0.25, -0.2) is 0 Å². The van der Waals surface area contributed by atoms with Crippen molar-refractivity contribution in [2.24, 2.45) is 0 Å². The van der Waals surface area contributed by atoms with Crippen LogP contribution < -0.4 is 9.47 Å². The zero-order valence-electron chi connectivity index (χ0n) is 7.97. The third-order valence-corrected chi connectivity index (χ3v) is 1.67. The van der Waals surface area contributed by atoms with Gasteiger partial charge in [-0.1, -0.05) is 12.7 Å². The van der Waals surface area contributed by atoms with Crippen LogP contribution in [0.4, 0.5) is 13.2 Å². The van der Waals surface area contributed by atoms with Crippen molar-refractivity contribution >= 4 is 6.08 Å². The lowest BCUT2D eigenvalue weighted by molar-refractivity contribution is -0.274. The van der Waals surface area contributed by atoms with Crippen LogP contribution in [0.15, 0.2) is 24.8 Å². The Kier molecular flexibility index (Phi) is 3.24. The zero-order valence-corrected chi connectivity index (χ0v) is 7.97. The van der Waals surface area contributed by atoms with Gasteiger partial charge in [-0.05, 0) is 12.1 Å². The highest BCUT2D eigenvalue weighted by atomic mass is 19.4. The molecule has 1 aromatic carbocycles. The van der Waals surface area contributed by atoms with Crippen molar-refractivity contribution in [3.8, 4) is 11.5 Å². The van der Waals surface area contributed by atoms with E-state index in [1.807, 2.05) is 0 Å². The monoisotopic (exact) mass is 218 g/mol. The molecule has 0 unspecified atom stereocenters. The molecular weight excluding hydrogens is 209 g/mol. The molecule has 0 saturated carbocycles. The maximum Gasteiger partial charge on any atom is 0.573 e. The Morgan fingerprint density at radius 3 is 2.47 bits per heavy atom. The minimum Gasteiger partial charge on any atom is -0.497 e. The number of hydrogen-bond acceptors (Lipinski definition) is 2. The lowest BCUT2D eigenvalue weighted by Gasteiger charge is -2.12. The van der Waals surface area contributed by atoms with E-state index in [0.29, 0.717) is 5.75 Å². The zero-order chi connectivity index (χ0) is 11.5. The molecule has 0 bridgehead atoms. The average Bonchev–Trinajstić information content (AvgIpc) is 2.15. The molecule has 0 atom stereocenters. The van der Waals surface area contributed by atoms with E-state index in [4.69, 9.17) is 4.74 Å². The summed E-state index contributed by atoms with van der Waals surface area (Å²) < 4.78 is 44.6. The van der Waals surface area contributed by atoms with Gasteiger partial charge in [0.15, 0.2) is 0 Å². The van der Waals surface area contributed by atoms with Gasteiger partial charge in [0, 0.05) is 11.6 Å². The highest BCUT2D eigenvalue weighted by molar-refractivity contribution is 5.57. The van der Waals surface area contributed by atoms with Gasteiger partial charge in [-0.15, -0.1) is 13.2 Å². The van der Waals surface area contributed by atoms with Crippen molar-refractivity contribution in [3.63, 3.8) is 0 Å². The standard InChI is InChI=1S/C10H9F3O2/c1-3-7-4-5-8(14-2)6-9(7)15-10(11,12)13/h3-6H,1H2,2H3. The van der Waals surface area contributed by atoms with Crippen LogP contribution in [0.1, 0.15) is 5.56 Å². The maximum absolute atomic E-state index is 12.0. The van der Waals surface area contributed by atoms with E-state index in [9.17, 15) is 13.2 Å². The van der Waals surface area contributed by atoms with E-state index in [-0.39, 0.29) is 11.3 Å². The molecule has 0 heterocycles. The van der Waals surface area contributed by atoms with Crippen LogP contribution in [0.3, 0.4) is 0 Å². The van der Waals surface area contributed by atoms with Crippen molar-refractivity contribution in [1.82, 2.24) is 0 Å². The Hall–Kier alpha value is -1.65. The van der Waals surface area contributed by atoms with Gasteiger partial charge in [0.1, 0.15) is 11.5 Å². The minimum absolute atomic E-state index is 0.258. The molecule has 0 aliphatic heterocycles. The fourth-order valence-electron chi connectivity index (χ4n) is 1.02. The molecule has 0 radical (unpaired) electrons. The molecule has 0 aliphatic rings. The number of alkyl halides is 3. The molecule has 0 amide bonds. The first-order chi connectivity index (χ1) is 6.96. The second-order valence-electron chi connectivity index (χ2n) is 2.66. The molecule has 0 saturated heterocycles. The molecule has 82 valence electrons. The highest BCUT2D eigenvalue weighted by Crippen LogP contribution is 2.30. The van der Waals surface area contributed by atoms with Gasteiger partial charge in [-0.3, -0.25) is 0 Å². The van der Waals surface area contributed by atoms with Crippen molar-refractivity contribution in [2.75, 3.05) is 7.11 Å². The molecule has 0 N–H and O–H groups in total. The molecule has 1 rings (SSSR count). The summed E-state index contributed by atoms with van der Waals surface area (Å²) in [6, 6.07) is 4.12. The lowest BCUT2D eigenvalue weighted by atomic mass is 10.2. The molecule has 0 spiro atoms. The van der Waals surface area contributed by atoms with E-state index < -0.39 is 6.36 Å². The SMILES string of the molecule is C=Cc1ccc(OC)cc1OC(F)(F)F. The number of benzene rings is 1. The van der Waals surface area contributed by atoms with Crippen LogP contribution in [-0.4, -0.2) is 13.5 Å². The second kappa shape index (κ2) is 4.25. The Morgan fingerprint density at radius 1 is 1.33 bits per heavy atom. The first-order valence-electron chi connectivity index (χ1n) is 4.02. The first-order valence-corrected chi connectivity index (χ1v) is 4.02. The van der Waals surface area contributed by atoms with Crippen LogP contribution >= 0.6 is 0 Å². The smallest absolute Gasteiger partial charge is 0.497 e. The maximum atomic E-state index is 12.0. The predicted molar refractivity (Wildman–Crippen MR) is 49.8 cm³/mol. The number of ether oxygens (including phenoxy) is 2. The van der Waals surface area contributed by atoms with Crippen molar-refractivity contribution in [2.45, 2.75) is 6.36 Å². The summed E-state index contributed by atoms with van der Waals surface area (Å²) >= 11 is 0. The average molecular weight is 218 g/mol. The van der Waals surface area contributed by atoms with Crippen molar-refractivity contribution in [3.05, 3.63) is 30.3 Å². The predicted octanol–water partition coefficient (Wildman–Crippen LogP) is 3.24. The molecule has 15 heavy (non-hydrogen) atoms. The molecule has 5 heteroatoms. The molecule has 0 aliphatic carbocycles. The van der Waals surface area contributed by atoms with Crippen LogP contribution in [0.2, 0.25) is 0 Å². The molecule has 0 fully saturated rings. The highest BCUT2D eigenvalue weighted by Gasteiger charge is 2.32. The summed E-state index contributed by atoms with van der Waals surface area (Å²) in [6.45, 7) is 3.39. The lowest BCUT2D eigenvalue weighted by Crippen LogP contribution is -2.17. The third-order valence-electron chi connectivity index (χ3n) is 1.67. The Morgan fingerprint density at radius 2 is 2.00 bits per heavy atom. The van der Waals surface area contributed by atoms with Crippen molar-refractivity contribution < 1.29 is 22.6 Å². The fourth-order valence-corrected chi connectivity index (χ4v) is 1.02. The van der Waals surface area contributed by atoms with Gasteiger partial charge in [-0.2, -0.15) is 0 Å². The van der Waals surface area contributed by atoms with Gasteiger partial charge in [0.05, 0.1) is 7.11 Å². The number of halogens is 3. The second-order valence-corrected chi connectivity index (χ2v) is 2.66. The van der Waals surface area contributed by atoms with Crippen LogP contribution in [-0.2, 0) is 0 Å². The molecule has 0 aromatic heterocycles. The summed E-state index contributed by atoms with van der Waals surface area (Å²) in [5.41, 5.74) is 0.258. The van der Waals surface area contributed by atoms with Crippen LogP contribution in [0, 0.1) is 0 Å². The fraction of sp³-hybridized carbons (Fsp3) is 0.200. The largest absolute Gasteiger partial charge is 0.573 e. The summed E-state index contributed by atoms with van der Waals surface area (Å²) in [5, 5.41) is 0. The Bertz CT molecular complexity index is 358.